The third-order valence-corrected chi connectivity index (χ3v) is 4.16. The Labute approximate surface area is 144 Å². The van der Waals surface area contributed by atoms with Crippen LogP contribution in [0.2, 0.25) is 0 Å². The van der Waals surface area contributed by atoms with Gasteiger partial charge >= 0.3 is 6.03 Å². The van der Waals surface area contributed by atoms with Crippen molar-refractivity contribution in [3.63, 3.8) is 0 Å². The fourth-order valence-corrected chi connectivity index (χ4v) is 3.06. The van der Waals surface area contributed by atoms with E-state index >= 15 is 0 Å². The number of urea groups is 1. The molecule has 136 valence electrons. The van der Waals surface area contributed by atoms with Crippen LogP contribution in [-0.2, 0) is 4.74 Å². The molecule has 1 aliphatic heterocycles. The molecule has 2 heterocycles. The van der Waals surface area contributed by atoms with E-state index in [1.165, 1.54) is 0 Å². The summed E-state index contributed by atoms with van der Waals surface area (Å²) in [4.78, 5) is 16.3. The summed E-state index contributed by atoms with van der Waals surface area (Å²) in [5, 5.41) is 5.83. The zero-order valence-electron chi connectivity index (χ0n) is 15.1. The molecule has 1 fully saturated rings. The van der Waals surface area contributed by atoms with Crippen LogP contribution in [0.3, 0.4) is 0 Å². The number of hydrogen-bond donors (Lipinski definition) is 2. The van der Waals surface area contributed by atoms with Crippen LogP contribution in [0.1, 0.15) is 25.6 Å². The van der Waals surface area contributed by atoms with Crippen molar-refractivity contribution >= 4 is 6.03 Å². The maximum atomic E-state index is 12.0. The van der Waals surface area contributed by atoms with Gasteiger partial charge in [0, 0.05) is 32.7 Å². The van der Waals surface area contributed by atoms with E-state index in [-0.39, 0.29) is 24.3 Å². The minimum Gasteiger partial charge on any atom is -0.468 e. The van der Waals surface area contributed by atoms with Crippen molar-refractivity contribution in [3.8, 4) is 0 Å². The molecule has 1 aromatic rings. The molecular formula is C17H30N4O3. The number of nitrogens with one attached hydrogen (secondary N) is 2. The van der Waals surface area contributed by atoms with Crippen LogP contribution in [-0.4, -0.2) is 74.9 Å². The van der Waals surface area contributed by atoms with E-state index in [1.54, 1.807) is 6.26 Å². The molecule has 24 heavy (non-hydrogen) atoms. The fourth-order valence-electron chi connectivity index (χ4n) is 3.06. The van der Waals surface area contributed by atoms with Crippen LogP contribution in [0.25, 0.3) is 0 Å². The Bertz CT molecular complexity index is 482. The number of rotatable bonds is 7. The minimum atomic E-state index is -0.150. The van der Waals surface area contributed by atoms with E-state index in [0.29, 0.717) is 13.1 Å². The molecule has 0 radical (unpaired) electrons. The number of amides is 2. The minimum absolute atomic E-state index is 0.0201. The zero-order valence-corrected chi connectivity index (χ0v) is 15.1. The summed E-state index contributed by atoms with van der Waals surface area (Å²) in [6.45, 7) is 7.94. The molecule has 2 amide bonds. The Morgan fingerprint density at radius 1 is 1.33 bits per heavy atom. The first-order valence-electron chi connectivity index (χ1n) is 8.55. The smallest absolute Gasteiger partial charge is 0.314 e. The Kier molecular flexibility index (Phi) is 7.08. The first-order valence-corrected chi connectivity index (χ1v) is 8.55. The second kappa shape index (κ2) is 9.05. The van der Waals surface area contributed by atoms with Crippen LogP contribution >= 0.6 is 0 Å². The lowest BCUT2D eigenvalue weighted by atomic mass is 10.2. The number of nitrogens with zero attached hydrogens (tertiary/aromatic N) is 2. The summed E-state index contributed by atoms with van der Waals surface area (Å²) in [6, 6.07) is 3.65. The maximum Gasteiger partial charge on any atom is 0.314 e. The highest BCUT2D eigenvalue weighted by Gasteiger charge is 2.22. The largest absolute Gasteiger partial charge is 0.468 e. The molecular weight excluding hydrogens is 308 g/mol. The van der Waals surface area contributed by atoms with E-state index in [2.05, 4.69) is 29.4 Å². The Hall–Kier alpha value is -1.57. The first-order chi connectivity index (χ1) is 11.5. The van der Waals surface area contributed by atoms with Crippen LogP contribution < -0.4 is 10.6 Å². The lowest BCUT2D eigenvalue weighted by molar-refractivity contribution is -0.0672. The average molecular weight is 338 g/mol. The van der Waals surface area contributed by atoms with Gasteiger partial charge in [0.2, 0.25) is 0 Å². The topological polar surface area (TPSA) is 70.0 Å². The standard InChI is InChI=1S/C17H30N4O3/c1-13-11-21(12-14(2)24-13)8-7-18-17(22)19-10-15(20(3)4)16-6-5-9-23-16/h5-6,9,13-15H,7-8,10-12H2,1-4H3,(H2,18,19,22)/t13-,14-,15-/m1/s1. The van der Waals surface area contributed by atoms with Crippen LogP contribution in [0.4, 0.5) is 4.79 Å². The van der Waals surface area contributed by atoms with Gasteiger partial charge in [-0.3, -0.25) is 9.80 Å². The second-order valence-electron chi connectivity index (χ2n) is 6.65. The number of carbonyl (C=O) groups excluding carboxylic acids is 1. The number of furan rings is 1. The van der Waals surface area contributed by atoms with Crippen molar-refractivity contribution in [2.24, 2.45) is 0 Å². The van der Waals surface area contributed by atoms with Crippen molar-refractivity contribution in [2.75, 3.05) is 46.8 Å². The molecule has 3 atom stereocenters. The van der Waals surface area contributed by atoms with Gasteiger partial charge in [-0.1, -0.05) is 0 Å². The third-order valence-electron chi connectivity index (χ3n) is 4.16. The average Bonchev–Trinajstić information content (AvgIpc) is 3.00. The van der Waals surface area contributed by atoms with Crippen molar-refractivity contribution in [1.29, 1.82) is 0 Å². The van der Waals surface area contributed by atoms with Gasteiger partial charge in [-0.2, -0.15) is 0 Å². The van der Waals surface area contributed by atoms with Gasteiger partial charge in [-0.25, -0.2) is 4.79 Å². The van der Waals surface area contributed by atoms with E-state index in [4.69, 9.17) is 9.15 Å². The monoisotopic (exact) mass is 338 g/mol. The van der Waals surface area contributed by atoms with E-state index in [9.17, 15) is 4.79 Å². The normalized spacial score (nSPS) is 23.2. The molecule has 0 aliphatic carbocycles. The molecule has 0 bridgehead atoms. The molecule has 2 N–H and O–H groups in total. The van der Waals surface area contributed by atoms with Gasteiger partial charge in [-0.15, -0.1) is 0 Å². The molecule has 1 saturated heterocycles. The van der Waals surface area contributed by atoms with Crippen molar-refractivity contribution in [1.82, 2.24) is 20.4 Å². The third kappa shape index (κ3) is 5.81. The molecule has 0 aromatic carbocycles. The summed E-state index contributed by atoms with van der Waals surface area (Å²) >= 11 is 0. The number of hydrogen-bond acceptors (Lipinski definition) is 5. The van der Waals surface area contributed by atoms with Gasteiger partial charge in [0.25, 0.3) is 0 Å². The van der Waals surface area contributed by atoms with Crippen molar-refractivity contribution in [2.45, 2.75) is 32.1 Å². The van der Waals surface area contributed by atoms with Gasteiger partial charge in [0.05, 0.1) is 24.5 Å². The van der Waals surface area contributed by atoms with Crippen LogP contribution in [0.15, 0.2) is 22.8 Å². The van der Waals surface area contributed by atoms with Gasteiger partial charge < -0.3 is 19.8 Å². The van der Waals surface area contributed by atoms with Crippen molar-refractivity contribution in [3.05, 3.63) is 24.2 Å². The highest BCUT2D eigenvalue weighted by atomic mass is 16.5. The number of likely N-dealkylation sites (N-methyl/N-ethyl adjacent to an activating group) is 1. The molecule has 2 rings (SSSR count). The van der Waals surface area contributed by atoms with E-state index in [0.717, 1.165) is 25.4 Å². The molecule has 7 nitrogen and oxygen atoms in total. The molecule has 0 unspecified atom stereocenters. The van der Waals surface area contributed by atoms with E-state index in [1.807, 2.05) is 31.1 Å². The summed E-state index contributed by atoms with van der Waals surface area (Å²) in [5.41, 5.74) is 0. The SMILES string of the molecule is C[C@@H]1CN(CCNC(=O)NC[C@H](c2ccco2)N(C)C)C[C@@H](C)O1. The molecule has 1 aromatic heterocycles. The predicted octanol–water partition coefficient (Wildman–Crippen LogP) is 1.29. The maximum absolute atomic E-state index is 12.0. The Morgan fingerprint density at radius 3 is 2.62 bits per heavy atom. The van der Waals surface area contributed by atoms with Gasteiger partial charge in [-0.05, 0) is 40.1 Å². The number of morpholine rings is 1. The number of carbonyl (C=O) groups is 1. The van der Waals surface area contributed by atoms with Gasteiger partial charge in [0.15, 0.2) is 0 Å². The Morgan fingerprint density at radius 2 is 2.04 bits per heavy atom. The zero-order chi connectivity index (χ0) is 17.5. The summed E-state index contributed by atoms with van der Waals surface area (Å²) in [7, 11) is 3.93. The summed E-state index contributed by atoms with van der Waals surface area (Å²) in [5.74, 6) is 0.844. The lowest BCUT2D eigenvalue weighted by Gasteiger charge is -2.35. The highest BCUT2D eigenvalue weighted by Crippen LogP contribution is 2.17. The van der Waals surface area contributed by atoms with Gasteiger partial charge in [0.1, 0.15) is 5.76 Å². The van der Waals surface area contributed by atoms with Crippen LogP contribution in [0, 0.1) is 0 Å². The predicted molar refractivity (Wildman–Crippen MR) is 93.0 cm³/mol. The number of ether oxygens (including phenoxy) is 1. The van der Waals surface area contributed by atoms with E-state index < -0.39 is 0 Å². The lowest BCUT2D eigenvalue weighted by Crippen LogP contribution is -2.49. The van der Waals surface area contributed by atoms with Crippen molar-refractivity contribution < 1.29 is 13.9 Å². The quantitative estimate of drug-likeness (QED) is 0.784. The molecule has 7 heteroatoms. The molecule has 0 spiro atoms. The molecule has 0 saturated carbocycles. The van der Waals surface area contributed by atoms with Crippen LogP contribution in [0.5, 0.6) is 0 Å². The summed E-state index contributed by atoms with van der Waals surface area (Å²) in [6.07, 6.45) is 2.14. The molecule has 1 aliphatic rings. The fraction of sp³-hybridized carbons (Fsp3) is 0.706. The Balaban J connectivity index is 1.67. The highest BCUT2D eigenvalue weighted by molar-refractivity contribution is 5.73. The second-order valence-corrected chi connectivity index (χ2v) is 6.65. The first kappa shape index (κ1) is 18.8. The summed E-state index contributed by atoms with van der Waals surface area (Å²) < 4.78 is 11.1.